The number of aromatic amines is 1. The molecule has 1 aliphatic heterocycles. The molecule has 4 aromatic carbocycles. The zero-order valence-corrected chi connectivity index (χ0v) is 22.5. The van der Waals surface area contributed by atoms with Gasteiger partial charge in [0.15, 0.2) is 5.17 Å². The first-order valence-corrected chi connectivity index (χ1v) is 14.1. The van der Waals surface area contributed by atoms with Gasteiger partial charge in [-0.3, -0.25) is 9.69 Å². The fraction of sp³-hybridized carbons (Fsp3) is 0.0588. The number of benzene rings is 4. The summed E-state index contributed by atoms with van der Waals surface area (Å²) in [6, 6.07) is 36.9. The second-order valence-electron chi connectivity index (χ2n) is 9.74. The van der Waals surface area contributed by atoms with Crippen LogP contribution in [-0.2, 0) is 11.2 Å². The Morgan fingerprint density at radius 3 is 2.52 bits per heavy atom. The maximum atomic E-state index is 13.8. The molecule has 1 saturated heterocycles. The molecule has 1 amide bonds. The van der Waals surface area contributed by atoms with E-state index in [4.69, 9.17) is 4.99 Å². The van der Waals surface area contributed by atoms with E-state index in [9.17, 15) is 4.79 Å². The summed E-state index contributed by atoms with van der Waals surface area (Å²) in [5, 5.41) is 4.27. The minimum Gasteiger partial charge on any atom is -0.361 e. The summed E-state index contributed by atoms with van der Waals surface area (Å²) >= 11 is 1.43. The third kappa shape index (κ3) is 4.63. The second-order valence-corrected chi connectivity index (χ2v) is 10.8. The summed E-state index contributed by atoms with van der Waals surface area (Å²) in [4.78, 5) is 24.5. The quantitative estimate of drug-likeness (QED) is 0.219. The Labute approximate surface area is 236 Å². The van der Waals surface area contributed by atoms with Crippen LogP contribution in [0.3, 0.4) is 0 Å². The van der Waals surface area contributed by atoms with E-state index in [0.717, 1.165) is 29.0 Å². The molecular formula is C34H26N4OS. The van der Waals surface area contributed by atoms with Gasteiger partial charge in [-0.2, -0.15) is 0 Å². The minimum atomic E-state index is -0.0224. The van der Waals surface area contributed by atoms with Gasteiger partial charge < -0.3 is 9.55 Å². The Hall–Kier alpha value is -4.81. The van der Waals surface area contributed by atoms with Crippen LogP contribution in [0, 0.1) is 0 Å². The van der Waals surface area contributed by atoms with Gasteiger partial charge in [0, 0.05) is 41.2 Å². The molecule has 6 heteroatoms. The lowest BCUT2D eigenvalue weighted by Gasteiger charge is -2.15. The molecule has 1 fully saturated rings. The maximum absolute atomic E-state index is 13.8. The minimum absolute atomic E-state index is 0.0224. The van der Waals surface area contributed by atoms with E-state index in [2.05, 4.69) is 64.1 Å². The van der Waals surface area contributed by atoms with Gasteiger partial charge in [0.2, 0.25) is 0 Å². The van der Waals surface area contributed by atoms with Gasteiger partial charge in [-0.25, -0.2) is 4.99 Å². The molecule has 3 heterocycles. The molecule has 0 aliphatic carbocycles. The molecule has 1 aliphatic rings. The van der Waals surface area contributed by atoms with Crippen LogP contribution >= 0.6 is 11.8 Å². The van der Waals surface area contributed by atoms with Gasteiger partial charge in [-0.05, 0) is 83.1 Å². The molecule has 40 heavy (non-hydrogen) atoms. The fourth-order valence-electron chi connectivity index (χ4n) is 5.18. The van der Waals surface area contributed by atoms with Crippen molar-refractivity contribution in [2.45, 2.75) is 6.42 Å². The topological polar surface area (TPSA) is 53.4 Å². The number of para-hydroxylation sites is 2. The van der Waals surface area contributed by atoms with Crippen LogP contribution in [0.1, 0.15) is 11.3 Å². The van der Waals surface area contributed by atoms with Crippen molar-refractivity contribution in [1.82, 2.24) is 14.5 Å². The number of rotatable bonds is 6. The molecule has 0 radical (unpaired) electrons. The summed E-state index contributed by atoms with van der Waals surface area (Å²) in [6.07, 6.45) is 6.78. The number of carbonyl (C=O) groups excluding carboxylic acids is 1. The number of hydrogen-bond donors (Lipinski definition) is 1. The van der Waals surface area contributed by atoms with Crippen molar-refractivity contribution in [2.75, 3.05) is 6.54 Å². The van der Waals surface area contributed by atoms with Gasteiger partial charge >= 0.3 is 0 Å². The lowest BCUT2D eigenvalue weighted by molar-refractivity contribution is -0.122. The normalized spacial score (nSPS) is 15.7. The van der Waals surface area contributed by atoms with Gasteiger partial charge in [-0.15, -0.1) is 0 Å². The molecule has 6 aromatic rings. The molecular weight excluding hydrogens is 512 g/mol. The first kappa shape index (κ1) is 24.2. The Morgan fingerprint density at radius 1 is 0.825 bits per heavy atom. The number of aromatic nitrogens is 2. The largest absolute Gasteiger partial charge is 0.361 e. The van der Waals surface area contributed by atoms with Crippen LogP contribution < -0.4 is 0 Å². The van der Waals surface area contributed by atoms with Crippen LogP contribution in [0.5, 0.6) is 0 Å². The SMILES string of the molecule is O=C1C(=Cc2cccn2-c2ccc3ccccc3c2)SC(=Nc2ccccc2)N1CCc1c[nH]c2ccccc12. The molecule has 0 unspecified atom stereocenters. The first-order chi connectivity index (χ1) is 19.7. The molecule has 1 N–H and O–H groups in total. The van der Waals surface area contributed by atoms with E-state index < -0.39 is 0 Å². The number of aliphatic imine (C=N–C) groups is 1. The highest BCUT2D eigenvalue weighted by Crippen LogP contribution is 2.35. The highest BCUT2D eigenvalue weighted by molar-refractivity contribution is 8.18. The molecule has 0 atom stereocenters. The van der Waals surface area contributed by atoms with Gasteiger partial charge in [0.1, 0.15) is 0 Å². The van der Waals surface area contributed by atoms with Crippen molar-refractivity contribution in [3.05, 3.63) is 138 Å². The Balaban J connectivity index is 1.22. The van der Waals surface area contributed by atoms with Crippen LogP contribution in [0.4, 0.5) is 5.69 Å². The van der Waals surface area contributed by atoms with Crippen LogP contribution in [0.25, 0.3) is 33.4 Å². The van der Waals surface area contributed by atoms with E-state index in [1.165, 1.54) is 33.5 Å². The molecule has 7 rings (SSSR count). The van der Waals surface area contributed by atoms with Crippen molar-refractivity contribution < 1.29 is 4.79 Å². The molecule has 0 saturated carbocycles. The van der Waals surface area contributed by atoms with E-state index in [1.54, 1.807) is 0 Å². The van der Waals surface area contributed by atoms with E-state index in [1.807, 2.05) is 78.0 Å². The van der Waals surface area contributed by atoms with Gasteiger partial charge in [0.05, 0.1) is 10.6 Å². The number of amides is 1. The van der Waals surface area contributed by atoms with Crippen LogP contribution in [-0.4, -0.2) is 32.1 Å². The van der Waals surface area contributed by atoms with Crippen LogP contribution in [0.2, 0.25) is 0 Å². The van der Waals surface area contributed by atoms with Crippen LogP contribution in [0.15, 0.2) is 131 Å². The zero-order valence-electron chi connectivity index (χ0n) is 21.7. The molecule has 5 nitrogen and oxygen atoms in total. The number of fused-ring (bicyclic) bond motifs is 2. The third-order valence-corrected chi connectivity index (χ3v) is 8.23. The van der Waals surface area contributed by atoms with Crippen molar-refractivity contribution in [3.8, 4) is 5.69 Å². The van der Waals surface area contributed by atoms with Gasteiger partial charge in [-0.1, -0.05) is 66.7 Å². The fourth-order valence-corrected chi connectivity index (χ4v) is 6.19. The monoisotopic (exact) mass is 538 g/mol. The first-order valence-electron chi connectivity index (χ1n) is 13.3. The number of carbonyl (C=O) groups is 1. The summed E-state index contributed by atoms with van der Waals surface area (Å²) in [5.74, 6) is -0.0224. The van der Waals surface area contributed by atoms with E-state index >= 15 is 0 Å². The lowest BCUT2D eigenvalue weighted by atomic mass is 10.1. The average molecular weight is 539 g/mol. The maximum Gasteiger partial charge on any atom is 0.266 e. The Kier molecular flexibility index (Phi) is 6.30. The van der Waals surface area contributed by atoms with Crippen molar-refractivity contribution in [2.24, 2.45) is 4.99 Å². The summed E-state index contributed by atoms with van der Waals surface area (Å²) in [5.41, 5.74) is 5.13. The van der Waals surface area contributed by atoms with Gasteiger partial charge in [0.25, 0.3) is 5.91 Å². The summed E-state index contributed by atoms with van der Waals surface area (Å²) < 4.78 is 2.12. The number of nitrogens with one attached hydrogen (secondary N) is 1. The predicted molar refractivity (Wildman–Crippen MR) is 166 cm³/mol. The Morgan fingerprint density at radius 2 is 1.62 bits per heavy atom. The smallest absolute Gasteiger partial charge is 0.266 e. The number of hydrogen-bond acceptors (Lipinski definition) is 3. The molecule has 0 spiro atoms. The molecule has 0 bridgehead atoms. The second kappa shape index (κ2) is 10.4. The highest BCUT2D eigenvalue weighted by atomic mass is 32.2. The van der Waals surface area contributed by atoms with Crippen molar-refractivity contribution in [3.63, 3.8) is 0 Å². The molecule has 194 valence electrons. The number of amidine groups is 1. The standard InChI is InChI=1S/C34H26N4OS/c39-33-32(22-28-13-8-19-37(28)29-17-16-24-9-4-5-10-25(24)21-29)40-34(36-27-11-2-1-3-12-27)38(33)20-18-26-23-35-31-15-7-6-14-30(26)31/h1-17,19,21-23,35H,18,20H2. The number of H-pyrrole nitrogens is 1. The molecule has 2 aromatic heterocycles. The zero-order chi connectivity index (χ0) is 26.9. The third-order valence-electron chi connectivity index (χ3n) is 7.22. The number of thioether (sulfide) groups is 1. The Bertz CT molecular complexity index is 1910. The van der Waals surface area contributed by atoms with Crippen molar-refractivity contribution in [1.29, 1.82) is 0 Å². The predicted octanol–water partition coefficient (Wildman–Crippen LogP) is 7.96. The van der Waals surface area contributed by atoms with Crippen molar-refractivity contribution >= 4 is 56.3 Å². The summed E-state index contributed by atoms with van der Waals surface area (Å²) in [7, 11) is 0. The van der Waals surface area contributed by atoms with E-state index in [-0.39, 0.29) is 5.91 Å². The van der Waals surface area contributed by atoms with E-state index in [0.29, 0.717) is 16.6 Å². The lowest BCUT2D eigenvalue weighted by Crippen LogP contribution is -2.31. The summed E-state index contributed by atoms with van der Waals surface area (Å²) in [6.45, 7) is 0.544. The number of nitrogens with zero attached hydrogens (tertiary/aromatic N) is 3. The average Bonchev–Trinajstić information content (AvgIpc) is 3.70. The highest BCUT2D eigenvalue weighted by Gasteiger charge is 2.33.